The molecule has 0 saturated carbocycles. The van der Waals surface area contributed by atoms with Gasteiger partial charge in [0.25, 0.3) is 0 Å². The zero-order valence-electron chi connectivity index (χ0n) is 10.5. The van der Waals surface area contributed by atoms with Gasteiger partial charge in [-0.15, -0.1) is 0 Å². The SMILES string of the molecule is CC(C)(C)CCC(N)Cc1ccc(F)cc1. The van der Waals surface area contributed by atoms with Crippen molar-refractivity contribution in [2.24, 2.45) is 11.1 Å². The van der Waals surface area contributed by atoms with E-state index in [0.29, 0.717) is 5.41 Å². The van der Waals surface area contributed by atoms with Crippen LogP contribution < -0.4 is 5.73 Å². The highest BCUT2D eigenvalue weighted by Gasteiger charge is 2.13. The molecule has 0 aliphatic rings. The molecule has 1 aromatic carbocycles. The average molecular weight is 223 g/mol. The average Bonchev–Trinajstić information content (AvgIpc) is 2.18. The molecule has 2 heteroatoms. The monoisotopic (exact) mass is 223 g/mol. The summed E-state index contributed by atoms with van der Waals surface area (Å²) in [4.78, 5) is 0. The molecule has 0 radical (unpaired) electrons. The molecule has 0 bridgehead atoms. The standard InChI is InChI=1S/C14H22FN/c1-14(2,3)9-8-13(16)10-11-4-6-12(15)7-5-11/h4-7,13H,8-10,16H2,1-3H3. The minimum Gasteiger partial charge on any atom is -0.327 e. The van der Waals surface area contributed by atoms with E-state index in [2.05, 4.69) is 20.8 Å². The summed E-state index contributed by atoms with van der Waals surface area (Å²) in [5.74, 6) is -0.188. The van der Waals surface area contributed by atoms with E-state index >= 15 is 0 Å². The van der Waals surface area contributed by atoms with Crippen LogP contribution in [0.25, 0.3) is 0 Å². The topological polar surface area (TPSA) is 26.0 Å². The summed E-state index contributed by atoms with van der Waals surface area (Å²) in [5.41, 5.74) is 7.50. The highest BCUT2D eigenvalue weighted by molar-refractivity contribution is 5.17. The summed E-state index contributed by atoms with van der Waals surface area (Å²) in [6, 6.07) is 6.78. The van der Waals surface area contributed by atoms with Gasteiger partial charge in [-0.1, -0.05) is 32.9 Å². The van der Waals surface area contributed by atoms with Crippen molar-refractivity contribution in [1.82, 2.24) is 0 Å². The summed E-state index contributed by atoms with van der Waals surface area (Å²) in [5, 5.41) is 0. The van der Waals surface area contributed by atoms with Gasteiger partial charge >= 0.3 is 0 Å². The summed E-state index contributed by atoms with van der Waals surface area (Å²) < 4.78 is 12.7. The number of benzene rings is 1. The lowest BCUT2D eigenvalue weighted by atomic mass is 9.87. The molecule has 0 aliphatic heterocycles. The van der Waals surface area contributed by atoms with E-state index < -0.39 is 0 Å². The van der Waals surface area contributed by atoms with Crippen LogP contribution in [-0.2, 0) is 6.42 Å². The Kier molecular flexibility index (Phi) is 4.48. The van der Waals surface area contributed by atoms with Crippen molar-refractivity contribution in [3.63, 3.8) is 0 Å². The summed E-state index contributed by atoms with van der Waals surface area (Å²) >= 11 is 0. The van der Waals surface area contributed by atoms with E-state index in [1.807, 2.05) is 12.1 Å². The lowest BCUT2D eigenvalue weighted by Crippen LogP contribution is -2.24. The molecule has 1 unspecified atom stereocenters. The largest absolute Gasteiger partial charge is 0.327 e. The maximum atomic E-state index is 12.7. The van der Waals surface area contributed by atoms with E-state index in [0.717, 1.165) is 24.8 Å². The van der Waals surface area contributed by atoms with Crippen LogP contribution in [0.15, 0.2) is 24.3 Å². The van der Waals surface area contributed by atoms with Crippen LogP contribution in [-0.4, -0.2) is 6.04 Å². The van der Waals surface area contributed by atoms with Gasteiger partial charge in [-0.3, -0.25) is 0 Å². The molecule has 0 aliphatic carbocycles. The summed E-state index contributed by atoms with van der Waals surface area (Å²) in [7, 11) is 0. The zero-order valence-corrected chi connectivity index (χ0v) is 10.5. The van der Waals surface area contributed by atoms with Crippen molar-refractivity contribution < 1.29 is 4.39 Å². The van der Waals surface area contributed by atoms with Gasteiger partial charge in [-0.05, 0) is 42.4 Å². The van der Waals surface area contributed by atoms with Crippen LogP contribution in [0.4, 0.5) is 4.39 Å². The lowest BCUT2D eigenvalue weighted by Gasteiger charge is -2.20. The van der Waals surface area contributed by atoms with E-state index in [-0.39, 0.29) is 11.9 Å². The van der Waals surface area contributed by atoms with Gasteiger partial charge in [0.15, 0.2) is 0 Å². The van der Waals surface area contributed by atoms with E-state index in [9.17, 15) is 4.39 Å². The Hall–Kier alpha value is -0.890. The Labute approximate surface area is 97.9 Å². The molecule has 0 spiro atoms. The van der Waals surface area contributed by atoms with Gasteiger partial charge in [0.1, 0.15) is 5.82 Å². The van der Waals surface area contributed by atoms with Crippen molar-refractivity contribution in [2.45, 2.75) is 46.1 Å². The molecule has 0 fully saturated rings. The van der Waals surface area contributed by atoms with Crippen LogP contribution in [0, 0.1) is 11.2 Å². The zero-order chi connectivity index (χ0) is 12.2. The molecule has 2 N–H and O–H groups in total. The normalized spacial score (nSPS) is 13.8. The highest BCUT2D eigenvalue weighted by Crippen LogP contribution is 2.22. The van der Waals surface area contributed by atoms with Gasteiger partial charge < -0.3 is 5.73 Å². The van der Waals surface area contributed by atoms with Crippen molar-refractivity contribution in [3.05, 3.63) is 35.6 Å². The number of rotatable bonds is 4. The first-order valence-electron chi connectivity index (χ1n) is 5.87. The van der Waals surface area contributed by atoms with Crippen molar-refractivity contribution >= 4 is 0 Å². The first kappa shape index (κ1) is 13.2. The maximum Gasteiger partial charge on any atom is 0.123 e. The molecular weight excluding hydrogens is 201 g/mol. The number of hydrogen-bond donors (Lipinski definition) is 1. The van der Waals surface area contributed by atoms with Gasteiger partial charge in [0.2, 0.25) is 0 Å². The van der Waals surface area contributed by atoms with E-state index in [1.165, 1.54) is 12.1 Å². The number of nitrogens with two attached hydrogens (primary N) is 1. The predicted octanol–water partition coefficient (Wildman–Crippen LogP) is 3.52. The highest BCUT2D eigenvalue weighted by atomic mass is 19.1. The Morgan fingerprint density at radius 3 is 2.25 bits per heavy atom. The van der Waals surface area contributed by atoms with Gasteiger partial charge in [0.05, 0.1) is 0 Å². The molecule has 1 rings (SSSR count). The van der Waals surface area contributed by atoms with Crippen LogP contribution in [0.3, 0.4) is 0 Å². The molecule has 1 atom stereocenters. The second-order valence-corrected chi connectivity index (χ2v) is 5.69. The third-order valence-corrected chi connectivity index (χ3v) is 2.68. The number of halogens is 1. The van der Waals surface area contributed by atoms with E-state index in [1.54, 1.807) is 0 Å². The Morgan fingerprint density at radius 2 is 1.75 bits per heavy atom. The van der Waals surface area contributed by atoms with Crippen LogP contribution in [0.1, 0.15) is 39.2 Å². The molecule has 1 nitrogen and oxygen atoms in total. The fourth-order valence-electron chi connectivity index (χ4n) is 1.64. The summed E-state index contributed by atoms with van der Waals surface area (Å²) in [6.45, 7) is 6.66. The predicted molar refractivity (Wildman–Crippen MR) is 66.8 cm³/mol. The van der Waals surface area contributed by atoms with Gasteiger partial charge in [-0.25, -0.2) is 4.39 Å². The van der Waals surface area contributed by atoms with Crippen LogP contribution >= 0.6 is 0 Å². The Bertz CT molecular complexity index is 311. The lowest BCUT2D eigenvalue weighted by molar-refractivity contribution is 0.347. The smallest absolute Gasteiger partial charge is 0.123 e. The van der Waals surface area contributed by atoms with Gasteiger partial charge in [0, 0.05) is 6.04 Å². The molecular formula is C14H22FN. The first-order chi connectivity index (χ1) is 7.37. The second-order valence-electron chi connectivity index (χ2n) is 5.69. The third-order valence-electron chi connectivity index (χ3n) is 2.68. The Morgan fingerprint density at radius 1 is 1.19 bits per heavy atom. The molecule has 0 heterocycles. The third kappa shape index (κ3) is 5.26. The second kappa shape index (κ2) is 5.44. The first-order valence-corrected chi connectivity index (χ1v) is 5.87. The van der Waals surface area contributed by atoms with Crippen molar-refractivity contribution in [1.29, 1.82) is 0 Å². The summed E-state index contributed by atoms with van der Waals surface area (Å²) in [6.07, 6.45) is 2.96. The molecule has 16 heavy (non-hydrogen) atoms. The minimum absolute atomic E-state index is 0.171. The van der Waals surface area contributed by atoms with Crippen molar-refractivity contribution in [3.8, 4) is 0 Å². The molecule has 0 amide bonds. The molecule has 1 aromatic rings. The molecule has 0 saturated heterocycles. The quantitative estimate of drug-likeness (QED) is 0.830. The van der Waals surface area contributed by atoms with Crippen molar-refractivity contribution in [2.75, 3.05) is 0 Å². The Balaban J connectivity index is 2.39. The fourth-order valence-corrected chi connectivity index (χ4v) is 1.64. The van der Waals surface area contributed by atoms with Gasteiger partial charge in [-0.2, -0.15) is 0 Å². The fraction of sp³-hybridized carbons (Fsp3) is 0.571. The van der Waals surface area contributed by atoms with E-state index in [4.69, 9.17) is 5.73 Å². The maximum absolute atomic E-state index is 12.7. The number of hydrogen-bond acceptors (Lipinski definition) is 1. The van der Waals surface area contributed by atoms with Crippen LogP contribution in [0.5, 0.6) is 0 Å². The minimum atomic E-state index is -0.188. The van der Waals surface area contributed by atoms with Crippen LogP contribution in [0.2, 0.25) is 0 Å². The molecule has 90 valence electrons. The molecule has 0 aromatic heterocycles.